The molecule has 0 saturated carbocycles. The largest absolute Gasteiger partial charge is 0.497 e. The van der Waals surface area contributed by atoms with E-state index in [0.717, 1.165) is 49.3 Å². The van der Waals surface area contributed by atoms with E-state index in [1.54, 1.807) is 14.2 Å². The summed E-state index contributed by atoms with van der Waals surface area (Å²) in [5, 5.41) is 0. The maximum atomic E-state index is 12.9. The normalized spacial score (nSPS) is 17.1. The third-order valence-electron chi connectivity index (χ3n) is 5.00. The monoisotopic (exact) mass is 369 g/mol. The van der Waals surface area contributed by atoms with Crippen molar-refractivity contribution < 1.29 is 19.0 Å². The van der Waals surface area contributed by atoms with Gasteiger partial charge in [-0.25, -0.2) is 0 Å². The molecular formula is C22H27NO4. The second-order valence-corrected chi connectivity index (χ2v) is 6.69. The lowest BCUT2D eigenvalue weighted by Gasteiger charge is -2.30. The molecule has 144 valence electrons. The molecule has 1 atom stereocenters. The van der Waals surface area contributed by atoms with E-state index in [-0.39, 0.29) is 18.6 Å². The molecule has 1 aliphatic rings. The Balaban J connectivity index is 1.68. The van der Waals surface area contributed by atoms with Crippen molar-refractivity contribution in [3.63, 3.8) is 0 Å². The number of hydrogen-bond donors (Lipinski definition) is 0. The average Bonchev–Trinajstić information content (AvgIpc) is 2.98. The predicted octanol–water partition coefficient (Wildman–Crippen LogP) is 4.23. The Labute approximate surface area is 160 Å². The van der Waals surface area contributed by atoms with Gasteiger partial charge in [0.15, 0.2) is 6.61 Å². The molecule has 5 heteroatoms. The maximum absolute atomic E-state index is 12.9. The van der Waals surface area contributed by atoms with Crippen LogP contribution in [-0.2, 0) is 4.79 Å². The van der Waals surface area contributed by atoms with E-state index in [0.29, 0.717) is 5.75 Å². The quantitative estimate of drug-likeness (QED) is 0.765. The molecule has 2 aromatic carbocycles. The Morgan fingerprint density at radius 1 is 0.889 bits per heavy atom. The highest BCUT2D eigenvalue weighted by atomic mass is 16.5. The van der Waals surface area contributed by atoms with Gasteiger partial charge >= 0.3 is 0 Å². The number of nitrogens with zero attached hydrogens (tertiary/aromatic N) is 1. The van der Waals surface area contributed by atoms with Crippen LogP contribution in [-0.4, -0.2) is 38.2 Å². The van der Waals surface area contributed by atoms with Crippen LogP contribution in [0.2, 0.25) is 0 Å². The predicted molar refractivity (Wildman–Crippen MR) is 104 cm³/mol. The lowest BCUT2D eigenvalue weighted by molar-refractivity contribution is -0.135. The first-order valence-corrected chi connectivity index (χ1v) is 9.41. The third-order valence-corrected chi connectivity index (χ3v) is 5.00. The van der Waals surface area contributed by atoms with E-state index in [2.05, 4.69) is 12.1 Å². The number of benzene rings is 2. The minimum Gasteiger partial charge on any atom is -0.497 e. The minimum atomic E-state index is 0.0218. The summed E-state index contributed by atoms with van der Waals surface area (Å²) in [6, 6.07) is 15.4. The Morgan fingerprint density at radius 3 is 2.11 bits per heavy atom. The van der Waals surface area contributed by atoms with Crippen molar-refractivity contribution in [2.45, 2.75) is 31.7 Å². The second kappa shape index (κ2) is 9.31. The van der Waals surface area contributed by atoms with Gasteiger partial charge in [0.05, 0.1) is 20.3 Å². The summed E-state index contributed by atoms with van der Waals surface area (Å²) < 4.78 is 16.1. The molecule has 1 heterocycles. The number of likely N-dealkylation sites (tertiary alicyclic amines) is 1. The highest BCUT2D eigenvalue weighted by molar-refractivity contribution is 5.78. The fourth-order valence-corrected chi connectivity index (χ4v) is 3.48. The zero-order chi connectivity index (χ0) is 19.1. The van der Waals surface area contributed by atoms with Gasteiger partial charge in [0.2, 0.25) is 0 Å². The number of rotatable bonds is 6. The summed E-state index contributed by atoms with van der Waals surface area (Å²) in [7, 11) is 3.28. The van der Waals surface area contributed by atoms with E-state index in [1.807, 2.05) is 41.3 Å². The van der Waals surface area contributed by atoms with Gasteiger partial charge in [0, 0.05) is 6.54 Å². The first kappa shape index (κ1) is 19.1. The molecule has 0 unspecified atom stereocenters. The van der Waals surface area contributed by atoms with Gasteiger partial charge in [-0.2, -0.15) is 0 Å². The lowest BCUT2D eigenvalue weighted by atomic mass is 10.0. The summed E-state index contributed by atoms with van der Waals surface area (Å²) in [6.45, 7) is 0.806. The summed E-state index contributed by atoms with van der Waals surface area (Å²) >= 11 is 0. The Kier molecular flexibility index (Phi) is 6.58. The highest BCUT2D eigenvalue weighted by Gasteiger charge is 2.27. The van der Waals surface area contributed by atoms with Crippen LogP contribution in [0.4, 0.5) is 0 Å². The van der Waals surface area contributed by atoms with Crippen LogP contribution in [0.25, 0.3) is 0 Å². The van der Waals surface area contributed by atoms with Crippen LogP contribution in [0.1, 0.15) is 37.3 Å². The van der Waals surface area contributed by atoms with Gasteiger partial charge < -0.3 is 19.1 Å². The van der Waals surface area contributed by atoms with Crippen molar-refractivity contribution in [2.75, 3.05) is 27.4 Å². The van der Waals surface area contributed by atoms with Gasteiger partial charge in [-0.1, -0.05) is 25.0 Å². The van der Waals surface area contributed by atoms with Crippen LogP contribution in [0.5, 0.6) is 17.2 Å². The van der Waals surface area contributed by atoms with Crippen molar-refractivity contribution in [1.82, 2.24) is 4.90 Å². The fourth-order valence-electron chi connectivity index (χ4n) is 3.48. The topological polar surface area (TPSA) is 48.0 Å². The van der Waals surface area contributed by atoms with Crippen LogP contribution in [0.3, 0.4) is 0 Å². The molecular weight excluding hydrogens is 342 g/mol. The standard InChI is InChI=1S/C22H27NO4/c1-25-18-9-7-17(8-10-18)21-6-4-3-5-15-23(21)22(24)16-27-20-13-11-19(26-2)12-14-20/h7-14,21H,3-6,15-16H2,1-2H3/t21-/m1/s1. The van der Waals surface area contributed by atoms with Crippen LogP contribution >= 0.6 is 0 Å². The number of hydrogen-bond acceptors (Lipinski definition) is 4. The lowest BCUT2D eigenvalue weighted by Crippen LogP contribution is -2.38. The van der Waals surface area contributed by atoms with Crippen LogP contribution in [0, 0.1) is 0 Å². The highest BCUT2D eigenvalue weighted by Crippen LogP contribution is 2.31. The van der Waals surface area contributed by atoms with Gasteiger partial charge in [-0.3, -0.25) is 4.79 Å². The summed E-state index contributed by atoms with van der Waals surface area (Å²) in [5.74, 6) is 2.28. The molecule has 1 saturated heterocycles. The van der Waals surface area contributed by atoms with E-state index < -0.39 is 0 Å². The molecule has 0 N–H and O–H groups in total. The molecule has 0 spiro atoms. The van der Waals surface area contributed by atoms with E-state index >= 15 is 0 Å². The summed E-state index contributed by atoms with van der Waals surface area (Å²) in [6.07, 6.45) is 4.27. The third kappa shape index (κ3) is 4.94. The van der Waals surface area contributed by atoms with Gasteiger partial charge in [0.1, 0.15) is 17.2 Å². The van der Waals surface area contributed by atoms with Crippen LogP contribution in [0.15, 0.2) is 48.5 Å². The maximum Gasteiger partial charge on any atom is 0.261 e. The molecule has 0 bridgehead atoms. The molecule has 27 heavy (non-hydrogen) atoms. The van der Waals surface area contributed by atoms with Crippen molar-refractivity contribution in [3.05, 3.63) is 54.1 Å². The number of ether oxygens (including phenoxy) is 3. The van der Waals surface area contributed by atoms with Crippen molar-refractivity contribution in [3.8, 4) is 17.2 Å². The zero-order valence-electron chi connectivity index (χ0n) is 16.0. The number of methoxy groups -OCH3 is 2. The summed E-state index contributed by atoms with van der Waals surface area (Å²) in [5.41, 5.74) is 1.15. The molecule has 1 aliphatic heterocycles. The first-order valence-electron chi connectivity index (χ1n) is 9.41. The van der Waals surface area contributed by atoms with E-state index in [4.69, 9.17) is 14.2 Å². The van der Waals surface area contributed by atoms with Gasteiger partial charge in [-0.05, 0) is 54.8 Å². The fraction of sp³-hybridized carbons (Fsp3) is 0.409. The average molecular weight is 369 g/mol. The summed E-state index contributed by atoms with van der Waals surface area (Å²) in [4.78, 5) is 14.9. The molecule has 0 aliphatic carbocycles. The second-order valence-electron chi connectivity index (χ2n) is 6.69. The number of amides is 1. The van der Waals surface area contributed by atoms with Crippen molar-refractivity contribution >= 4 is 5.91 Å². The molecule has 0 aromatic heterocycles. The van der Waals surface area contributed by atoms with Gasteiger partial charge in [-0.15, -0.1) is 0 Å². The zero-order valence-corrected chi connectivity index (χ0v) is 16.0. The van der Waals surface area contributed by atoms with Gasteiger partial charge in [0.25, 0.3) is 5.91 Å². The molecule has 2 aromatic rings. The van der Waals surface area contributed by atoms with Crippen molar-refractivity contribution in [1.29, 1.82) is 0 Å². The van der Waals surface area contributed by atoms with Crippen LogP contribution < -0.4 is 14.2 Å². The van der Waals surface area contributed by atoms with Crippen molar-refractivity contribution in [2.24, 2.45) is 0 Å². The first-order chi connectivity index (χ1) is 13.2. The van der Waals surface area contributed by atoms with E-state index in [1.165, 1.54) is 0 Å². The number of carbonyl (C=O) groups excluding carboxylic acids is 1. The SMILES string of the molecule is COc1ccc(OCC(=O)N2CCCCC[C@@H]2c2ccc(OC)cc2)cc1. The Hall–Kier alpha value is -2.69. The molecule has 1 amide bonds. The molecule has 0 radical (unpaired) electrons. The Morgan fingerprint density at radius 2 is 1.48 bits per heavy atom. The smallest absolute Gasteiger partial charge is 0.261 e. The van der Waals surface area contributed by atoms with E-state index in [9.17, 15) is 4.79 Å². The number of carbonyl (C=O) groups is 1. The molecule has 3 rings (SSSR count). The molecule has 1 fully saturated rings. The molecule has 5 nitrogen and oxygen atoms in total. The minimum absolute atomic E-state index is 0.0218. The Bertz CT molecular complexity index is 727.